The van der Waals surface area contributed by atoms with E-state index in [1.807, 2.05) is 10.3 Å². The van der Waals surface area contributed by atoms with Crippen molar-refractivity contribution in [2.45, 2.75) is 25.6 Å². The molecule has 0 fully saturated rings. The summed E-state index contributed by atoms with van der Waals surface area (Å²) >= 11 is 0. The molecule has 2 heterocycles. The maximum atomic E-state index is 14.4. The van der Waals surface area contributed by atoms with Gasteiger partial charge in [0.2, 0.25) is 0 Å². The number of alkyl halides is 3. The van der Waals surface area contributed by atoms with Crippen LogP contribution in [0.25, 0.3) is 5.69 Å². The number of benzene rings is 2. The third-order valence-electron chi connectivity index (χ3n) is 5.57. The van der Waals surface area contributed by atoms with Crippen molar-refractivity contribution in [3.05, 3.63) is 91.6 Å². The Bertz CT molecular complexity index is 1410. The summed E-state index contributed by atoms with van der Waals surface area (Å²) in [6.45, 7) is 3.53. The van der Waals surface area contributed by atoms with Gasteiger partial charge in [-0.25, -0.2) is 9.36 Å². The molecule has 11 heteroatoms. The van der Waals surface area contributed by atoms with Crippen LogP contribution < -0.4 is 21.9 Å². The number of H-pyrrole nitrogens is 1. The lowest BCUT2D eigenvalue weighted by molar-refractivity contribution is -0.196. The van der Waals surface area contributed by atoms with Gasteiger partial charge in [0.05, 0.1) is 5.69 Å². The lowest BCUT2D eigenvalue weighted by atomic mass is 9.91. The number of aromatic nitrogens is 2. The van der Waals surface area contributed by atoms with Gasteiger partial charge < -0.3 is 10.6 Å². The highest BCUT2D eigenvalue weighted by Gasteiger charge is 2.68. The van der Waals surface area contributed by atoms with Crippen LogP contribution in [-0.4, -0.2) is 27.5 Å². The molecule has 33 heavy (non-hydrogen) atoms. The summed E-state index contributed by atoms with van der Waals surface area (Å²) in [6.07, 6.45) is -5.41. The van der Waals surface area contributed by atoms with Crippen LogP contribution >= 0.6 is 0 Å². The number of hydrogen-bond donors (Lipinski definition) is 3. The second-order valence-electron chi connectivity index (χ2n) is 7.61. The number of carbonyl (C=O) groups excluding carboxylic acids is 2. The molecule has 8 nitrogen and oxygen atoms in total. The molecule has 0 bridgehead atoms. The van der Waals surface area contributed by atoms with Gasteiger partial charge in [0.15, 0.2) is 0 Å². The molecule has 1 aliphatic heterocycles. The van der Waals surface area contributed by atoms with Gasteiger partial charge in [0.25, 0.3) is 22.9 Å². The minimum Gasteiger partial charge on any atom is -0.326 e. The average Bonchev–Trinajstić information content (AvgIpc) is 3.04. The molecule has 1 aromatic heterocycles. The molecule has 0 aliphatic carbocycles. The smallest absolute Gasteiger partial charge is 0.326 e. The van der Waals surface area contributed by atoms with Crippen LogP contribution in [0, 0.1) is 13.8 Å². The van der Waals surface area contributed by atoms with E-state index in [2.05, 4.69) is 0 Å². The average molecular weight is 458 g/mol. The number of anilines is 1. The Labute approximate surface area is 184 Å². The predicted octanol–water partition coefficient (Wildman–Crippen LogP) is 2.28. The van der Waals surface area contributed by atoms with Gasteiger partial charge in [-0.2, -0.15) is 13.2 Å². The minimum absolute atomic E-state index is 0.128. The molecule has 3 aromatic rings. The second kappa shape index (κ2) is 7.47. The van der Waals surface area contributed by atoms with Gasteiger partial charge in [-0.15, -0.1) is 0 Å². The van der Waals surface area contributed by atoms with E-state index < -0.39 is 46.2 Å². The third kappa shape index (κ3) is 3.32. The lowest BCUT2D eigenvalue weighted by Gasteiger charge is -2.30. The van der Waals surface area contributed by atoms with Gasteiger partial charge >= 0.3 is 11.9 Å². The van der Waals surface area contributed by atoms with Crippen molar-refractivity contribution in [3.63, 3.8) is 0 Å². The standard InChI is InChI=1S/C22H17F3N4O4/c1-11-8-9-14(10-12(11)2)29-16-15(18(31)27-20(29)33)21(19(32)26-16,22(23,24)25)28-17(30)13-6-4-3-5-7-13/h3-10H,1-2H3,(H,26,32)(H,28,30)(H,27,31,33). The summed E-state index contributed by atoms with van der Waals surface area (Å²) in [6, 6.07) is 11.6. The third-order valence-corrected chi connectivity index (χ3v) is 5.57. The number of halogens is 3. The molecule has 2 aromatic carbocycles. The fourth-order valence-electron chi connectivity index (χ4n) is 3.72. The van der Waals surface area contributed by atoms with Crippen LogP contribution in [0.2, 0.25) is 0 Å². The molecular formula is C22H17F3N4O4. The summed E-state index contributed by atoms with van der Waals surface area (Å²) in [5, 5.41) is 3.71. The van der Waals surface area contributed by atoms with Crippen LogP contribution in [0.15, 0.2) is 58.1 Å². The van der Waals surface area contributed by atoms with Crippen molar-refractivity contribution >= 4 is 17.6 Å². The van der Waals surface area contributed by atoms with E-state index in [1.165, 1.54) is 36.4 Å². The van der Waals surface area contributed by atoms with Crippen LogP contribution in [0.1, 0.15) is 27.0 Å². The summed E-state index contributed by atoms with van der Waals surface area (Å²) in [5.41, 5.74) is -5.77. The Morgan fingerprint density at radius 1 is 1.00 bits per heavy atom. The number of carbonyl (C=O) groups is 2. The van der Waals surface area contributed by atoms with Crippen molar-refractivity contribution in [1.29, 1.82) is 0 Å². The fraction of sp³-hybridized carbons (Fsp3) is 0.182. The van der Waals surface area contributed by atoms with Crippen molar-refractivity contribution in [2.75, 3.05) is 5.32 Å². The lowest BCUT2D eigenvalue weighted by Crippen LogP contribution is -2.62. The van der Waals surface area contributed by atoms with E-state index in [0.29, 0.717) is 0 Å². The summed E-state index contributed by atoms with van der Waals surface area (Å²) in [4.78, 5) is 52.6. The number of rotatable bonds is 3. The highest BCUT2D eigenvalue weighted by atomic mass is 19.4. The van der Waals surface area contributed by atoms with Crippen molar-refractivity contribution < 1.29 is 22.8 Å². The van der Waals surface area contributed by atoms with Gasteiger partial charge in [-0.1, -0.05) is 24.3 Å². The first-order chi connectivity index (χ1) is 15.5. The molecule has 0 spiro atoms. The predicted molar refractivity (Wildman–Crippen MR) is 112 cm³/mol. The van der Waals surface area contributed by atoms with Crippen LogP contribution in [0.3, 0.4) is 0 Å². The number of hydrogen-bond acceptors (Lipinski definition) is 4. The number of aromatic amines is 1. The number of aryl methyl sites for hydroxylation is 2. The van der Waals surface area contributed by atoms with Gasteiger partial charge in [-0.3, -0.25) is 19.4 Å². The van der Waals surface area contributed by atoms with Crippen molar-refractivity contribution in [2.24, 2.45) is 0 Å². The zero-order valence-electron chi connectivity index (χ0n) is 17.3. The Kier molecular flexibility index (Phi) is 4.99. The SMILES string of the molecule is Cc1ccc(-n2c3c(c(=O)[nH]c2=O)C(NC(=O)c2ccccc2)(C(F)(F)F)C(=O)N3)cc1C. The Morgan fingerprint density at radius 3 is 2.27 bits per heavy atom. The summed E-state index contributed by atoms with van der Waals surface area (Å²) < 4.78 is 44.1. The maximum absolute atomic E-state index is 14.4. The zero-order valence-corrected chi connectivity index (χ0v) is 17.3. The molecule has 0 radical (unpaired) electrons. The van der Waals surface area contributed by atoms with E-state index in [9.17, 15) is 32.3 Å². The molecule has 0 saturated carbocycles. The summed E-state index contributed by atoms with van der Waals surface area (Å²) in [5.74, 6) is -3.59. The van der Waals surface area contributed by atoms with Gasteiger partial charge in [-0.05, 0) is 49.2 Å². The molecule has 0 saturated heterocycles. The van der Waals surface area contributed by atoms with Gasteiger partial charge in [0, 0.05) is 5.56 Å². The second-order valence-corrected chi connectivity index (χ2v) is 7.61. The maximum Gasteiger partial charge on any atom is 0.425 e. The first-order valence-corrected chi connectivity index (χ1v) is 9.70. The van der Waals surface area contributed by atoms with E-state index in [1.54, 1.807) is 31.3 Å². The highest BCUT2D eigenvalue weighted by molar-refractivity contribution is 6.09. The van der Waals surface area contributed by atoms with E-state index >= 15 is 0 Å². The Balaban J connectivity index is 1.99. The van der Waals surface area contributed by atoms with E-state index in [0.717, 1.165) is 15.7 Å². The topological polar surface area (TPSA) is 113 Å². The molecule has 3 N–H and O–H groups in total. The largest absolute Gasteiger partial charge is 0.425 e. The molecule has 2 amide bonds. The monoisotopic (exact) mass is 458 g/mol. The number of amides is 2. The quantitative estimate of drug-likeness (QED) is 0.559. The van der Waals surface area contributed by atoms with Gasteiger partial charge in [0.1, 0.15) is 11.4 Å². The first kappa shape index (κ1) is 22.1. The number of nitrogens with one attached hydrogen (secondary N) is 3. The van der Waals surface area contributed by atoms with Crippen molar-refractivity contribution in [1.82, 2.24) is 14.9 Å². The summed E-state index contributed by atoms with van der Waals surface area (Å²) in [7, 11) is 0. The van der Waals surface area contributed by atoms with Crippen LogP contribution in [-0.2, 0) is 10.3 Å². The van der Waals surface area contributed by atoms with E-state index in [4.69, 9.17) is 0 Å². The van der Waals surface area contributed by atoms with E-state index in [-0.39, 0.29) is 11.3 Å². The molecule has 4 rings (SSSR count). The normalized spacial score (nSPS) is 17.4. The molecule has 170 valence electrons. The first-order valence-electron chi connectivity index (χ1n) is 9.70. The highest BCUT2D eigenvalue weighted by Crippen LogP contribution is 2.45. The molecule has 1 unspecified atom stereocenters. The van der Waals surface area contributed by atoms with Crippen molar-refractivity contribution in [3.8, 4) is 5.69 Å². The Hall–Kier alpha value is -4.15. The van der Waals surface area contributed by atoms with Crippen LogP contribution in [0.4, 0.5) is 19.0 Å². The zero-order chi connectivity index (χ0) is 24.1. The minimum atomic E-state index is -5.41. The number of fused-ring (bicyclic) bond motifs is 1. The molecule has 1 atom stereocenters. The molecular weight excluding hydrogens is 441 g/mol. The number of nitrogens with zero attached hydrogens (tertiary/aromatic N) is 1. The molecule has 1 aliphatic rings. The fourth-order valence-corrected chi connectivity index (χ4v) is 3.72. The van der Waals surface area contributed by atoms with Crippen LogP contribution in [0.5, 0.6) is 0 Å². The Morgan fingerprint density at radius 2 is 1.67 bits per heavy atom.